The summed E-state index contributed by atoms with van der Waals surface area (Å²) in [4.78, 5) is 2.58. The minimum absolute atomic E-state index is 0.0262. The standard InChI is InChI=1S/C13H13BrF2N2S/c1-18(6-10-4-9(14)7-19-10)13-11(15)2-8(5-17)3-12(13)16/h2-4,7H,5-6,17H2,1H3. The van der Waals surface area contributed by atoms with Crippen LogP contribution in [0.5, 0.6) is 0 Å². The van der Waals surface area contributed by atoms with Crippen molar-refractivity contribution in [2.45, 2.75) is 13.1 Å². The van der Waals surface area contributed by atoms with Gasteiger partial charge < -0.3 is 10.6 Å². The summed E-state index contributed by atoms with van der Waals surface area (Å²) >= 11 is 4.89. The second kappa shape index (κ2) is 5.98. The third-order valence-corrected chi connectivity index (χ3v) is 4.39. The van der Waals surface area contributed by atoms with Crippen molar-refractivity contribution < 1.29 is 8.78 Å². The Morgan fingerprint density at radius 1 is 1.26 bits per heavy atom. The van der Waals surface area contributed by atoms with Gasteiger partial charge in [-0.1, -0.05) is 0 Å². The number of hydrogen-bond donors (Lipinski definition) is 1. The molecule has 0 radical (unpaired) electrons. The molecule has 0 saturated heterocycles. The topological polar surface area (TPSA) is 29.3 Å². The van der Waals surface area contributed by atoms with Gasteiger partial charge in [0.2, 0.25) is 0 Å². The van der Waals surface area contributed by atoms with Crippen LogP contribution in [0.15, 0.2) is 28.1 Å². The molecule has 0 bridgehead atoms. The van der Waals surface area contributed by atoms with Gasteiger partial charge in [-0.2, -0.15) is 0 Å². The van der Waals surface area contributed by atoms with Crippen LogP contribution in [0.3, 0.4) is 0 Å². The Bertz CT molecular complexity index is 563. The summed E-state index contributed by atoms with van der Waals surface area (Å²) in [5, 5.41) is 1.94. The van der Waals surface area contributed by atoms with E-state index in [1.807, 2.05) is 11.4 Å². The zero-order valence-electron chi connectivity index (χ0n) is 10.3. The predicted octanol–water partition coefficient (Wildman–Crippen LogP) is 3.88. The van der Waals surface area contributed by atoms with Crippen LogP contribution in [0, 0.1) is 11.6 Å². The lowest BCUT2D eigenvalue weighted by molar-refractivity contribution is 0.573. The Morgan fingerprint density at radius 2 is 1.89 bits per heavy atom. The lowest BCUT2D eigenvalue weighted by Gasteiger charge is -2.20. The van der Waals surface area contributed by atoms with E-state index in [-0.39, 0.29) is 12.2 Å². The summed E-state index contributed by atoms with van der Waals surface area (Å²) in [5.41, 5.74) is 5.81. The molecule has 0 aliphatic rings. The van der Waals surface area contributed by atoms with Crippen LogP contribution >= 0.6 is 27.3 Å². The van der Waals surface area contributed by atoms with Gasteiger partial charge in [0, 0.05) is 28.3 Å². The molecular weight excluding hydrogens is 334 g/mol. The third kappa shape index (κ3) is 3.32. The molecule has 6 heteroatoms. The van der Waals surface area contributed by atoms with Gasteiger partial charge in [0.25, 0.3) is 0 Å². The summed E-state index contributed by atoms with van der Waals surface area (Å²) in [6, 6.07) is 4.49. The summed E-state index contributed by atoms with van der Waals surface area (Å²) in [6.45, 7) is 0.571. The molecule has 1 aromatic carbocycles. The van der Waals surface area contributed by atoms with Crippen molar-refractivity contribution in [1.82, 2.24) is 0 Å². The van der Waals surface area contributed by atoms with Crippen molar-refractivity contribution in [1.29, 1.82) is 0 Å². The minimum atomic E-state index is -0.585. The Morgan fingerprint density at radius 3 is 2.37 bits per heavy atom. The Labute approximate surface area is 123 Å². The molecule has 2 nitrogen and oxygen atoms in total. The molecule has 1 heterocycles. The van der Waals surface area contributed by atoms with Gasteiger partial charge in [-0.25, -0.2) is 8.78 Å². The molecule has 0 saturated carbocycles. The van der Waals surface area contributed by atoms with Gasteiger partial charge in [-0.15, -0.1) is 11.3 Å². The number of halogens is 3. The molecule has 2 rings (SSSR count). The van der Waals surface area contributed by atoms with E-state index >= 15 is 0 Å². The normalized spacial score (nSPS) is 10.8. The first kappa shape index (κ1) is 14.4. The molecule has 0 atom stereocenters. The fourth-order valence-corrected chi connectivity index (χ4v) is 3.35. The number of benzene rings is 1. The van der Waals surface area contributed by atoms with Gasteiger partial charge in [0.1, 0.15) is 17.3 Å². The zero-order chi connectivity index (χ0) is 14.0. The quantitative estimate of drug-likeness (QED) is 0.909. The number of thiophene rings is 1. The minimum Gasteiger partial charge on any atom is -0.365 e. The Hall–Kier alpha value is -0.980. The van der Waals surface area contributed by atoms with Gasteiger partial charge in [0.05, 0.1) is 6.54 Å². The Balaban J connectivity index is 2.26. The van der Waals surface area contributed by atoms with E-state index in [1.54, 1.807) is 11.9 Å². The van der Waals surface area contributed by atoms with Crippen molar-refractivity contribution in [3.8, 4) is 0 Å². The molecule has 0 aliphatic carbocycles. The maximum atomic E-state index is 13.9. The van der Waals surface area contributed by atoms with E-state index in [1.165, 1.54) is 23.5 Å². The van der Waals surface area contributed by atoms with Crippen molar-refractivity contribution in [2.75, 3.05) is 11.9 Å². The molecule has 19 heavy (non-hydrogen) atoms. The highest BCUT2D eigenvalue weighted by molar-refractivity contribution is 9.10. The van der Waals surface area contributed by atoms with E-state index < -0.39 is 11.6 Å². The molecule has 0 aliphatic heterocycles. The van der Waals surface area contributed by atoms with Crippen LogP contribution in [0.25, 0.3) is 0 Å². The molecule has 2 N–H and O–H groups in total. The first-order valence-corrected chi connectivity index (χ1v) is 7.30. The van der Waals surface area contributed by atoms with E-state index in [9.17, 15) is 8.78 Å². The smallest absolute Gasteiger partial charge is 0.149 e. The Kier molecular flexibility index (Phi) is 4.54. The fraction of sp³-hybridized carbons (Fsp3) is 0.231. The molecule has 0 unspecified atom stereocenters. The number of nitrogens with two attached hydrogens (primary N) is 1. The summed E-state index contributed by atoms with van der Waals surface area (Å²) in [6.07, 6.45) is 0. The highest BCUT2D eigenvalue weighted by Gasteiger charge is 2.15. The van der Waals surface area contributed by atoms with E-state index in [0.29, 0.717) is 12.1 Å². The lowest BCUT2D eigenvalue weighted by atomic mass is 10.1. The number of anilines is 1. The second-order valence-electron chi connectivity index (χ2n) is 4.20. The molecule has 1 aromatic heterocycles. The summed E-state index contributed by atoms with van der Waals surface area (Å²) < 4.78 is 28.8. The highest BCUT2D eigenvalue weighted by Crippen LogP contribution is 2.27. The van der Waals surface area contributed by atoms with Gasteiger partial charge in [-0.05, 0) is 39.7 Å². The largest absolute Gasteiger partial charge is 0.365 e. The van der Waals surface area contributed by atoms with Crippen LogP contribution in [0.1, 0.15) is 10.4 Å². The summed E-state index contributed by atoms with van der Waals surface area (Å²) in [7, 11) is 1.66. The van der Waals surface area contributed by atoms with E-state index in [4.69, 9.17) is 5.73 Å². The number of nitrogens with zero attached hydrogens (tertiary/aromatic N) is 1. The predicted molar refractivity (Wildman–Crippen MR) is 78.4 cm³/mol. The van der Waals surface area contributed by atoms with Crippen LogP contribution < -0.4 is 10.6 Å². The first-order chi connectivity index (χ1) is 9.01. The molecular formula is C13H13BrF2N2S. The van der Waals surface area contributed by atoms with Crippen molar-refractivity contribution in [3.63, 3.8) is 0 Å². The van der Waals surface area contributed by atoms with Gasteiger partial charge >= 0.3 is 0 Å². The van der Waals surface area contributed by atoms with Gasteiger partial charge in [-0.3, -0.25) is 0 Å². The van der Waals surface area contributed by atoms with Gasteiger partial charge in [0.15, 0.2) is 0 Å². The van der Waals surface area contributed by atoms with E-state index in [2.05, 4.69) is 15.9 Å². The average Bonchev–Trinajstić information content (AvgIpc) is 2.73. The first-order valence-electron chi connectivity index (χ1n) is 5.63. The number of rotatable bonds is 4. The van der Waals surface area contributed by atoms with Crippen LogP contribution in [0.2, 0.25) is 0 Å². The average molecular weight is 347 g/mol. The molecule has 2 aromatic rings. The van der Waals surface area contributed by atoms with Crippen LogP contribution in [-0.4, -0.2) is 7.05 Å². The molecule has 0 fully saturated rings. The zero-order valence-corrected chi connectivity index (χ0v) is 12.7. The van der Waals surface area contributed by atoms with Crippen molar-refractivity contribution in [2.24, 2.45) is 5.73 Å². The maximum Gasteiger partial charge on any atom is 0.149 e. The monoisotopic (exact) mass is 346 g/mol. The van der Waals surface area contributed by atoms with Crippen molar-refractivity contribution >= 4 is 33.0 Å². The van der Waals surface area contributed by atoms with E-state index in [0.717, 1.165) is 9.35 Å². The number of hydrogen-bond acceptors (Lipinski definition) is 3. The maximum absolute atomic E-state index is 13.9. The van der Waals surface area contributed by atoms with Crippen LogP contribution in [0.4, 0.5) is 14.5 Å². The highest BCUT2D eigenvalue weighted by atomic mass is 79.9. The fourth-order valence-electron chi connectivity index (χ4n) is 1.85. The second-order valence-corrected chi connectivity index (χ2v) is 6.11. The molecule has 0 spiro atoms. The molecule has 102 valence electrons. The molecule has 0 amide bonds. The summed E-state index contributed by atoms with van der Waals surface area (Å²) in [5.74, 6) is -1.17. The third-order valence-electron chi connectivity index (χ3n) is 2.71. The van der Waals surface area contributed by atoms with Crippen LogP contribution in [-0.2, 0) is 13.1 Å². The lowest BCUT2D eigenvalue weighted by Crippen LogP contribution is -2.19. The van der Waals surface area contributed by atoms with Crippen molar-refractivity contribution in [3.05, 3.63) is 50.1 Å². The SMILES string of the molecule is CN(Cc1cc(Br)cs1)c1c(F)cc(CN)cc1F.